The molecule has 2 amide bonds. The molecule has 0 saturated carbocycles. The Labute approximate surface area is 180 Å². The van der Waals surface area contributed by atoms with E-state index in [1.807, 2.05) is 29.2 Å². The second kappa shape index (κ2) is 7.96. The van der Waals surface area contributed by atoms with E-state index in [0.29, 0.717) is 17.3 Å². The second-order valence-corrected chi connectivity index (χ2v) is 12.0. The molecule has 3 aromatic rings. The number of carbonyl (C=O) groups excluding carboxylic acids is 1. The van der Waals surface area contributed by atoms with Crippen LogP contribution in [0.2, 0.25) is 4.71 Å². The molecular weight excluding hydrogens is 447 g/mol. The van der Waals surface area contributed by atoms with E-state index in [1.54, 1.807) is 6.20 Å². The van der Waals surface area contributed by atoms with Gasteiger partial charge in [0.2, 0.25) is 0 Å². The summed E-state index contributed by atoms with van der Waals surface area (Å²) in [6.07, 6.45) is 6.29. The molecule has 8 heteroatoms. The third-order valence-electron chi connectivity index (χ3n) is 5.86. The Hall–Kier alpha value is -2.11. The van der Waals surface area contributed by atoms with Crippen LogP contribution in [-0.4, -0.2) is 48.7 Å². The number of nitrogens with zero attached hydrogens (tertiary/aromatic N) is 3. The molecule has 4 atom stereocenters. The molecule has 2 fully saturated rings. The maximum absolute atomic E-state index is 11.7. The monoisotopic (exact) mass is 470 g/mol. The Morgan fingerprint density at radius 2 is 1.97 bits per heavy atom. The molecule has 0 aliphatic carbocycles. The van der Waals surface area contributed by atoms with E-state index in [-0.39, 0.29) is 21.8 Å². The summed E-state index contributed by atoms with van der Waals surface area (Å²) in [5.74, 6) is 0.806. The summed E-state index contributed by atoms with van der Waals surface area (Å²) in [5.41, 5.74) is 7.66. The summed E-state index contributed by atoms with van der Waals surface area (Å²) in [4.78, 5) is 22.3. The first-order chi connectivity index (χ1) is 14.2. The van der Waals surface area contributed by atoms with Crippen LogP contribution < -0.4 is 10.5 Å². The number of fused-ring (bicyclic) bond motifs is 3. The number of urea groups is 1. The number of ether oxygens (including phenoxy) is 1. The zero-order valence-corrected chi connectivity index (χ0v) is 18.9. The molecule has 29 heavy (non-hydrogen) atoms. The van der Waals surface area contributed by atoms with E-state index < -0.39 is 0 Å². The molecule has 5 rings (SSSR count). The van der Waals surface area contributed by atoms with Gasteiger partial charge in [-0.3, -0.25) is 0 Å². The van der Waals surface area contributed by atoms with Gasteiger partial charge in [-0.15, -0.1) is 0 Å². The van der Waals surface area contributed by atoms with Crippen molar-refractivity contribution in [2.75, 3.05) is 0 Å². The second-order valence-electron chi connectivity index (χ2n) is 7.73. The van der Waals surface area contributed by atoms with Crippen molar-refractivity contribution < 1.29 is 9.53 Å². The number of benzene rings is 1. The quantitative estimate of drug-likeness (QED) is 0.574. The molecule has 0 radical (unpaired) electrons. The topological polar surface area (TPSA) is 81.3 Å². The molecule has 2 aliphatic heterocycles. The normalized spacial score (nSPS) is 23.9. The summed E-state index contributed by atoms with van der Waals surface area (Å²) < 4.78 is 7.74. The number of nitrogens with two attached hydrogens (primary N) is 1. The molecule has 2 aromatic heterocycles. The Morgan fingerprint density at radius 3 is 2.66 bits per heavy atom. The molecular formula is C21H23AsN4O2S. The molecule has 150 valence electrons. The number of hydrogen-bond acceptors (Lipinski definition) is 5. The Morgan fingerprint density at radius 1 is 1.21 bits per heavy atom. The van der Waals surface area contributed by atoms with Crippen LogP contribution in [0.25, 0.3) is 10.3 Å². The molecule has 2 aliphatic rings. The van der Waals surface area contributed by atoms with E-state index in [1.165, 1.54) is 22.1 Å². The van der Waals surface area contributed by atoms with Gasteiger partial charge in [-0.2, -0.15) is 0 Å². The van der Waals surface area contributed by atoms with Gasteiger partial charge in [-0.05, 0) is 0 Å². The van der Waals surface area contributed by atoms with Crippen LogP contribution >= 0.6 is 11.3 Å². The van der Waals surface area contributed by atoms with Crippen LogP contribution in [0.5, 0.6) is 10.9 Å². The van der Waals surface area contributed by atoms with Crippen LogP contribution in [0.4, 0.5) is 4.79 Å². The summed E-state index contributed by atoms with van der Waals surface area (Å²) in [7, 11) is 0. The Kier molecular flexibility index (Phi) is 5.18. The van der Waals surface area contributed by atoms with Gasteiger partial charge in [-0.1, -0.05) is 0 Å². The average molecular weight is 470 g/mol. The maximum atomic E-state index is 11.7. The standard InChI is InChI=1S/C21H23AsN4O2S/c23-20(27)26-15-5-6-16(26)11-14(10-15)22-12-13-3-7-17(8-4-13)28-21-25-19-18(29-21)2-1-9-24-19/h1-4,7-9,14-16,22H,5-6,10-12H2,(H2,23,27)/t14?,15-,16+. The molecule has 2 N–H and O–H groups in total. The van der Waals surface area contributed by atoms with E-state index in [2.05, 4.69) is 22.1 Å². The van der Waals surface area contributed by atoms with Crippen molar-refractivity contribution in [1.29, 1.82) is 0 Å². The third kappa shape index (κ3) is 3.98. The number of pyridine rings is 1. The van der Waals surface area contributed by atoms with Crippen LogP contribution in [0.15, 0.2) is 42.6 Å². The van der Waals surface area contributed by atoms with E-state index in [9.17, 15) is 4.79 Å². The number of thiazole rings is 1. The number of piperidine rings is 1. The first-order valence-electron chi connectivity index (χ1n) is 9.95. The predicted molar refractivity (Wildman–Crippen MR) is 116 cm³/mol. The van der Waals surface area contributed by atoms with Crippen LogP contribution in [-0.2, 0) is 5.21 Å². The van der Waals surface area contributed by atoms with Gasteiger partial charge in [-0.25, -0.2) is 0 Å². The number of aromatic nitrogens is 2. The number of rotatable bonds is 5. The molecule has 6 nitrogen and oxygen atoms in total. The minimum atomic E-state index is -0.226. The molecule has 0 spiro atoms. The fraction of sp³-hybridized carbons (Fsp3) is 0.381. The van der Waals surface area contributed by atoms with Crippen molar-refractivity contribution in [1.82, 2.24) is 14.9 Å². The molecule has 2 unspecified atom stereocenters. The van der Waals surface area contributed by atoms with Crippen LogP contribution in [0.3, 0.4) is 0 Å². The minimum absolute atomic E-state index is 0.0893. The Bertz CT molecular complexity index is 978. The Balaban J connectivity index is 1.17. The van der Waals surface area contributed by atoms with Gasteiger partial charge in [0.05, 0.1) is 0 Å². The fourth-order valence-corrected chi connectivity index (χ4v) is 8.76. The average Bonchev–Trinajstić information content (AvgIpc) is 3.25. The van der Waals surface area contributed by atoms with Crippen molar-refractivity contribution in [3.05, 3.63) is 48.2 Å². The molecule has 4 heterocycles. The first-order valence-corrected chi connectivity index (χ1v) is 13.5. The van der Waals surface area contributed by atoms with E-state index in [0.717, 1.165) is 46.5 Å². The number of primary amides is 1. The van der Waals surface area contributed by atoms with Crippen molar-refractivity contribution in [3.63, 3.8) is 0 Å². The van der Waals surface area contributed by atoms with Gasteiger partial charge in [0.25, 0.3) is 0 Å². The predicted octanol–water partition coefficient (Wildman–Crippen LogP) is 3.91. The van der Waals surface area contributed by atoms with E-state index in [4.69, 9.17) is 10.5 Å². The summed E-state index contributed by atoms with van der Waals surface area (Å²) in [6, 6.07) is 12.8. The van der Waals surface area contributed by atoms with Gasteiger partial charge in [0.15, 0.2) is 0 Å². The number of hydrogen-bond donors (Lipinski definition) is 1. The third-order valence-corrected chi connectivity index (χ3v) is 10.2. The van der Waals surface area contributed by atoms with Crippen molar-refractivity contribution in [3.8, 4) is 10.9 Å². The molecule has 2 bridgehead atoms. The SMILES string of the molecule is NC(=O)N1[C@@H]2CC[C@H]1CC([AsH]Cc1ccc(Oc3nc4ncccc4s3)cc1)C2. The summed E-state index contributed by atoms with van der Waals surface area (Å²) >= 11 is 1.42. The zero-order valence-electron chi connectivity index (χ0n) is 16.0. The van der Waals surface area contributed by atoms with Crippen molar-refractivity contribution >= 4 is 43.5 Å². The van der Waals surface area contributed by atoms with Crippen molar-refractivity contribution in [2.24, 2.45) is 5.73 Å². The zero-order chi connectivity index (χ0) is 19.8. The fourth-order valence-electron chi connectivity index (χ4n) is 4.53. The first kappa shape index (κ1) is 18.9. The van der Waals surface area contributed by atoms with Gasteiger partial charge in [0.1, 0.15) is 0 Å². The van der Waals surface area contributed by atoms with Gasteiger partial charge < -0.3 is 0 Å². The van der Waals surface area contributed by atoms with Gasteiger partial charge in [0, 0.05) is 0 Å². The van der Waals surface area contributed by atoms with Crippen LogP contribution in [0, 0.1) is 0 Å². The van der Waals surface area contributed by atoms with Crippen molar-refractivity contribution in [2.45, 2.75) is 47.7 Å². The van der Waals surface area contributed by atoms with Gasteiger partial charge >= 0.3 is 180 Å². The molecule has 2 saturated heterocycles. The van der Waals surface area contributed by atoms with E-state index >= 15 is 0 Å². The number of amides is 2. The number of carbonyl (C=O) groups is 1. The summed E-state index contributed by atoms with van der Waals surface area (Å²) in [6.45, 7) is 0. The van der Waals surface area contributed by atoms with Crippen LogP contribution in [0.1, 0.15) is 31.2 Å². The molecule has 1 aromatic carbocycles. The summed E-state index contributed by atoms with van der Waals surface area (Å²) in [5, 5.41) is 1.79.